The number of nitrogens with one attached hydrogen (secondary N) is 1. The number of anilines is 1. The lowest BCUT2D eigenvalue weighted by Crippen LogP contribution is -2.46. The standard InChI is InChI=1S/C12H17ClN4O2/c1-7-4-5-17(6-9(7)18)12(19)11-8(13)2-3-10(15-11)16-14/h2-3,7,9,18H,4-6,14H2,1H3,(H,15,16). The molecular weight excluding hydrogens is 268 g/mol. The van der Waals surface area contributed by atoms with E-state index in [2.05, 4.69) is 10.4 Å². The maximum absolute atomic E-state index is 12.3. The van der Waals surface area contributed by atoms with Crippen molar-refractivity contribution in [1.82, 2.24) is 9.88 Å². The number of amides is 1. The molecule has 0 radical (unpaired) electrons. The van der Waals surface area contributed by atoms with Gasteiger partial charge in [-0.1, -0.05) is 18.5 Å². The lowest BCUT2D eigenvalue weighted by atomic mass is 9.96. The number of nitrogen functional groups attached to an aromatic ring is 1. The maximum atomic E-state index is 12.3. The van der Waals surface area contributed by atoms with Crippen LogP contribution in [0.5, 0.6) is 0 Å². The summed E-state index contributed by atoms with van der Waals surface area (Å²) in [6.45, 7) is 2.87. The number of aliphatic hydroxyl groups is 1. The van der Waals surface area contributed by atoms with Gasteiger partial charge in [-0.3, -0.25) is 4.79 Å². The number of β-amino-alcohol motifs (C(OH)–C–C–N with tert-alkyl or cyclic N) is 1. The fourth-order valence-electron chi connectivity index (χ4n) is 2.06. The van der Waals surface area contributed by atoms with Gasteiger partial charge in [0, 0.05) is 13.1 Å². The van der Waals surface area contributed by atoms with Crippen LogP contribution < -0.4 is 11.3 Å². The van der Waals surface area contributed by atoms with Crippen molar-refractivity contribution in [2.24, 2.45) is 11.8 Å². The van der Waals surface area contributed by atoms with Crippen LogP contribution in [0.4, 0.5) is 5.82 Å². The largest absolute Gasteiger partial charge is 0.391 e. The molecule has 104 valence electrons. The van der Waals surface area contributed by atoms with Crippen LogP contribution in [0, 0.1) is 5.92 Å². The molecular formula is C12H17ClN4O2. The minimum Gasteiger partial charge on any atom is -0.391 e. The van der Waals surface area contributed by atoms with Gasteiger partial charge in [-0.05, 0) is 24.5 Å². The van der Waals surface area contributed by atoms with Crippen molar-refractivity contribution in [3.05, 3.63) is 22.8 Å². The van der Waals surface area contributed by atoms with Gasteiger partial charge in [0.15, 0.2) is 0 Å². The van der Waals surface area contributed by atoms with E-state index in [0.29, 0.717) is 18.9 Å². The lowest BCUT2D eigenvalue weighted by molar-refractivity contribution is 0.0245. The average molecular weight is 285 g/mol. The van der Waals surface area contributed by atoms with E-state index in [9.17, 15) is 9.90 Å². The fourth-order valence-corrected chi connectivity index (χ4v) is 2.24. The molecule has 4 N–H and O–H groups in total. The molecule has 0 saturated carbocycles. The van der Waals surface area contributed by atoms with Crippen LogP contribution >= 0.6 is 11.6 Å². The Labute approximate surface area is 116 Å². The Morgan fingerprint density at radius 2 is 2.37 bits per heavy atom. The summed E-state index contributed by atoms with van der Waals surface area (Å²) in [6.07, 6.45) is 0.256. The second kappa shape index (κ2) is 5.73. The first-order chi connectivity index (χ1) is 9.02. The van der Waals surface area contributed by atoms with E-state index in [1.807, 2.05) is 6.92 Å². The van der Waals surface area contributed by atoms with Gasteiger partial charge < -0.3 is 15.4 Å². The molecule has 1 amide bonds. The van der Waals surface area contributed by atoms with E-state index < -0.39 is 6.10 Å². The van der Waals surface area contributed by atoms with Gasteiger partial charge in [-0.2, -0.15) is 0 Å². The van der Waals surface area contributed by atoms with Gasteiger partial charge in [0.25, 0.3) is 5.91 Å². The van der Waals surface area contributed by atoms with Crippen LogP contribution in [0.2, 0.25) is 5.02 Å². The van der Waals surface area contributed by atoms with Gasteiger partial charge in [-0.25, -0.2) is 10.8 Å². The fraction of sp³-hybridized carbons (Fsp3) is 0.500. The van der Waals surface area contributed by atoms with Crippen molar-refractivity contribution in [3.8, 4) is 0 Å². The molecule has 1 aliphatic rings. The van der Waals surface area contributed by atoms with E-state index in [1.165, 1.54) is 0 Å². The first-order valence-corrected chi connectivity index (χ1v) is 6.51. The SMILES string of the molecule is CC1CCN(C(=O)c2nc(NN)ccc2Cl)CC1O. The molecule has 1 aromatic heterocycles. The average Bonchev–Trinajstić information content (AvgIpc) is 2.41. The summed E-state index contributed by atoms with van der Waals surface area (Å²) in [7, 11) is 0. The van der Waals surface area contributed by atoms with Crippen LogP contribution in [0.25, 0.3) is 0 Å². The van der Waals surface area contributed by atoms with Gasteiger partial charge in [-0.15, -0.1) is 0 Å². The summed E-state index contributed by atoms with van der Waals surface area (Å²) in [5.74, 6) is 5.56. The van der Waals surface area contributed by atoms with E-state index in [4.69, 9.17) is 17.4 Å². The highest BCUT2D eigenvalue weighted by Crippen LogP contribution is 2.22. The second-order valence-electron chi connectivity index (χ2n) is 4.76. The molecule has 19 heavy (non-hydrogen) atoms. The van der Waals surface area contributed by atoms with Crippen molar-refractivity contribution in [2.75, 3.05) is 18.5 Å². The third kappa shape index (κ3) is 2.97. The van der Waals surface area contributed by atoms with Gasteiger partial charge in [0.2, 0.25) is 0 Å². The number of hydrogen-bond donors (Lipinski definition) is 3. The van der Waals surface area contributed by atoms with Gasteiger partial charge in [0.05, 0.1) is 11.1 Å². The summed E-state index contributed by atoms with van der Waals surface area (Å²) < 4.78 is 0. The number of halogens is 1. The van der Waals surface area contributed by atoms with Crippen LogP contribution in [-0.4, -0.2) is 40.1 Å². The molecule has 1 saturated heterocycles. The Kier molecular flexibility index (Phi) is 4.24. The molecule has 7 heteroatoms. The summed E-state index contributed by atoms with van der Waals surface area (Å²) in [5, 5.41) is 10.1. The number of pyridine rings is 1. The van der Waals surface area contributed by atoms with E-state index >= 15 is 0 Å². The minimum atomic E-state index is -0.507. The lowest BCUT2D eigenvalue weighted by Gasteiger charge is -2.34. The van der Waals surface area contributed by atoms with Crippen LogP contribution in [0.3, 0.4) is 0 Å². The van der Waals surface area contributed by atoms with Crippen molar-refractivity contribution >= 4 is 23.3 Å². The zero-order valence-electron chi connectivity index (χ0n) is 10.6. The van der Waals surface area contributed by atoms with Gasteiger partial charge >= 0.3 is 0 Å². The molecule has 0 bridgehead atoms. The number of hydrogen-bond acceptors (Lipinski definition) is 5. The first kappa shape index (κ1) is 14.0. The number of aromatic nitrogens is 1. The minimum absolute atomic E-state index is 0.152. The molecule has 2 heterocycles. The highest BCUT2D eigenvalue weighted by molar-refractivity contribution is 6.33. The van der Waals surface area contributed by atoms with E-state index in [0.717, 1.165) is 6.42 Å². The summed E-state index contributed by atoms with van der Waals surface area (Å²) in [5.41, 5.74) is 2.53. The second-order valence-corrected chi connectivity index (χ2v) is 5.16. The van der Waals surface area contributed by atoms with E-state index in [-0.39, 0.29) is 22.5 Å². The topological polar surface area (TPSA) is 91.5 Å². The molecule has 0 spiro atoms. The number of rotatable bonds is 2. The number of carbonyl (C=O) groups excluding carboxylic acids is 1. The molecule has 1 aromatic rings. The summed E-state index contributed by atoms with van der Waals surface area (Å²) >= 11 is 5.99. The number of piperidine rings is 1. The Morgan fingerprint density at radius 3 is 3.00 bits per heavy atom. The number of aliphatic hydroxyl groups excluding tert-OH is 1. The quantitative estimate of drug-likeness (QED) is 0.553. The van der Waals surface area contributed by atoms with Crippen LogP contribution in [-0.2, 0) is 0 Å². The van der Waals surface area contributed by atoms with Crippen molar-refractivity contribution < 1.29 is 9.90 Å². The van der Waals surface area contributed by atoms with Gasteiger partial charge in [0.1, 0.15) is 11.5 Å². The van der Waals surface area contributed by atoms with Crippen LogP contribution in [0.1, 0.15) is 23.8 Å². The predicted octanol–water partition coefficient (Wildman–Crippen LogP) is 0.864. The third-order valence-corrected chi connectivity index (χ3v) is 3.71. The molecule has 0 aliphatic carbocycles. The van der Waals surface area contributed by atoms with Crippen LogP contribution in [0.15, 0.2) is 12.1 Å². The number of nitrogens with two attached hydrogens (primary N) is 1. The third-order valence-electron chi connectivity index (χ3n) is 3.40. The first-order valence-electron chi connectivity index (χ1n) is 6.13. The number of carbonyl (C=O) groups is 1. The Hall–Kier alpha value is -1.37. The van der Waals surface area contributed by atoms with Crippen molar-refractivity contribution in [1.29, 1.82) is 0 Å². The molecule has 2 rings (SSSR count). The zero-order chi connectivity index (χ0) is 14.0. The predicted molar refractivity (Wildman–Crippen MR) is 72.7 cm³/mol. The summed E-state index contributed by atoms with van der Waals surface area (Å²) in [4.78, 5) is 18.0. The Balaban J connectivity index is 2.20. The van der Waals surface area contributed by atoms with Crippen molar-refractivity contribution in [3.63, 3.8) is 0 Å². The highest BCUT2D eigenvalue weighted by atomic mass is 35.5. The highest BCUT2D eigenvalue weighted by Gasteiger charge is 2.29. The maximum Gasteiger partial charge on any atom is 0.274 e. The zero-order valence-corrected chi connectivity index (χ0v) is 11.4. The van der Waals surface area contributed by atoms with Crippen molar-refractivity contribution in [2.45, 2.75) is 19.4 Å². The number of hydrazine groups is 1. The molecule has 1 fully saturated rings. The molecule has 6 nitrogen and oxygen atoms in total. The monoisotopic (exact) mass is 284 g/mol. The molecule has 0 aromatic carbocycles. The Morgan fingerprint density at radius 1 is 1.63 bits per heavy atom. The molecule has 1 aliphatic heterocycles. The number of nitrogens with zero attached hydrogens (tertiary/aromatic N) is 2. The van der Waals surface area contributed by atoms with E-state index in [1.54, 1.807) is 17.0 Å². The molecule has 2 atom stereocenters. The molecule has 2 unspecified atom stereocenters. The Bertz CT molecular complexity index is 483. The summed E-state index contributed by atoms with van der Waals surface area (Å²) in [6, 6.07) is 3.16. The normalized spacial score (nSPS) is 23.3. The number of likely N-dealkylation sites (tertiary alicyclic amines) is 1. The smallest absolute Gasteiger partial charge is 0.274 e.